The van der Waals surface area contributed by atoms with Crippen molar-refractivity contribution in [3.05, 3.63) is 29.8 Å². The van der Waals surface area contributed by atoms with E-state index < -0.39 is 0 Å². The summed E-state index contributed by atoms with van der Waals surface area (Å²) in [5.74, 6) is 0.00870. The lowest BCUT2D eigenvalue weighted by atomic mass is 9.90. The van der Waals surface area contributed by atoms with Crippen LogP contribution in [0.2, 0.25) is 0 Å². The summed E-state index contributed by atoms with van der Waals surface area (Å²) in [5.41, 5.74) is 21.6. The summed E-state index contributed by atoms with van der Waals surface area (Å²) in [7, 11) is 0. The zero-order valence-electron chi connectivity index (χ0n) is 12.3. The molecule has 1 saturated carbocycles. The fraction of sp³-hybridized carbons (Fsp3) is 0.429. The van der Waals surface area contributed by atoms with Gasteiger partial charge in [0.1, 0.15) is 11.6 Å². The SMILES string of the molecule is N=C(N)c1ccccc1O.NC(N)=NC1CC(N)CC(O)C1. The van der Waals surface area contributed by atoms with Crippen LogP contribution in [0.1, 0.15) is 24.8 Å². The highest BCUT2D eigenvalue weighted by Crippen LogP contribution is 2.20. The summed E-state index contributed by atoms with van der Waals surface area (Å²) in [6.07, 6.45) is 1.67. The zero-order valence-corrected chi connectivity index (χ0v) is 12.3. The molecule has 0 heterocycles. The number of amidine groups is 1. The molecule has 0 aliphatic heterocycles. The molecule has 0 spiro atoms. The number of nitrogens with two attached hydrogens (primary N) is 4. The van der Waals surface area contributed by atoms with E-state index in [0.717, 1.165) is 6.42 Å². The molecule has 0 aromatic heterocycles. The second-order valence-electron chi connectivity index (χ2n) is 5.26. The van der Waals surface area contributed by atoms with Crippen molar-refractivity contribution in [1.29, 1.82) is 5.41 Å². The smallest absolute Gasteiger partial charge is 0.186 e. The second-order valence-corrected chi connectivity index (χ2v) is 5.26. The first-order valence-corrected chi connectivity index (χ1v) is 6.94. The maximum atomic E-state index is 9.33. The molecule has 22 heavy (non-hydrogen) atoms. The fourth-order valence-electron chi connectivity index (χ4n) is 2.32. The minimum Gasteiger partial charge on any atom is -0.507 e. The van der Waals surface area contributed by atoms with Crippen molar-refractivity contribution in [1.82, 2.24) is 0 Å². The minimum atomic E-state index is -0.359. The molecule has 1 aliphatic rings. The van der Waals surface area contributed by atoms with Crippen LogP contribution in [0.5, 0.6) is 5.75 Å². The Morgan fingerprint density at radius 1 is 1.14 bits per heavy atom. The number of nitrogen functional groups attached to an aromatic ring is 1. The van der Waals surface area contributed by atoms with Gasteiger partial charge in [-0.3, -0.25) is 10.4 Å². The van der Waals surface area contributed by atoms with Gasteiger partial charge >= 0.3 is 0 Å². The number of aliphatic hydroxyl groups excluding tert-OH is 1. The lowest BCUT2D eigenvalue weighted by Gasteiger charge is -2.27. The topological polar surface area (TPSA) is 181 Å². The van der Waals surface area contributed by atoms with Crippen molar-refractivity contribution in [3.63, 3.8) is 0 Å². The molecule has 1 aliphatic carbocycles. The largest absolute Gasteiger partial charge is 0.507 e. The highest BCUT2D eigenvalue weighted by atomic mass is 16.3. The normalized spacial score (nSPS) is 23.8. The number of benzene rings is 1. The number of para-hydroxylation sites is 1. The first-order valence-electron chi connectivity index (χ1n) is 6.94. The number of phenols is 1. The molecule has 3 atom stereocenters. The molecule has 3 unspecified atom stereocenters. The van der Waals surface area contributed by atoms with Crippen molar-refractivity contribution in [3.8, 4) is 5.75 Å². The molecular formula is C14H24N6O2. The number of hydrogen-bond donors (Lipinski definition) is 7. The monoisotopic (exact) mass is 308 g/mol. The Labute approximate surface area is 129 Å². The maximum absolute atomic E-state index is 9.33. The van der Waals surface area contributed by atoms with Crippen LogP contribution in [0.25, 0.3) is 0 Å². The van der Waals surface area contributed by atoms with Gasteiger partial charge in [0.15, 0.2) is 5.96 Å². The number of nitrogens with zero attached hydrogens (tertiary/aromatic N) is 1. The van der Waals surface area contributed by atoms with E-state index in [1.165, 1.54) is 6.07 Å². The van der Waals surface area contributed by atoms with Crippen LogP contribution in [0, 0.1) is 5.41 Å². The standard InChI is InChI=1S/C7H16N4O.C7H8N2O/c8-4-1-5(11-7(9)10)3-6(12)2-4;8-7(9)5-3-1-2-4-6(5)10/h4-6,12H,1-3,8H2,(H4,9,10,11);1-4,10H,(H3,8,9). The quantitative estimate of drug-likeness (QED) is 0.276. The summed E-state index contributed by atoms with van der Waals surface area (Å²) in [6.45, 7) is 0. The first kappa shape index (κ1) is 17.7. The van der Waals surface area contributed by atoms with E-state index in [1.807, 2.05) is 0 Å². The van der Waals surface area contributed by atoms with Gasteiger partial charge < -0.3 is 33.1 Å². The third-order valence-corrected chi connectivity index (χ3v) is 3.22. The minimum absolute atomic E-state index is 0.00579. The molecule has 0 amide bonds. The number of guanidine groups is 1. The van der Waals surface area contributed by atoms with E-state index in [2.05, 4.69) is 4.99 Å². The molecule has 1 aromatic rings. The molecule has 2 rings (SSSR count). The summed E-state index contributed by atoms with van der Waals surface area (Å²) >= 11 is 0. The van der Waals surface area contributed by atoms with Crippen LogP contribution in [-0.4, -0.2) is 40.2 Å². The Hall–Kier alpha value is -2.32. The number of aliphatic imine (C=N–C) groups is 1. The van der Waals surface area contributed by atoms with E-state index in [1.54, 1.807) is 18.2 Å². The summed E-state index contributed by atoms with van der Waals surface area (Å²) in [6, 6.07) is 6.50. The van der Waals surface area contributed by atoms with Crippen molar-refractivity contribution >= 4 is 11.8 Å². The van der Waals surface area contributed by atoms with E-state index in [-0.39, 0.29) is 35.7 Å². The molecule has 11 N–H and O–H groups in total. The maximum Gasteiger partial charge on any atom is 0.186 e. The Kier molecular flexibility index (Phi) is 6.61. The van der Waals surface area contributed by atoms with Gasteiger partial charge in [-0.2, -0.15) is 0 Å². The Bertz CT molecular complexity index is 520. The second kappa shape index (κ2) is 8.20. The van der Waals surface area contributed by atoms with Crippen LogP contribution in [0.15, 0.2) is 29.3 Å². The predicted molar refractivity (Wildman–Crippen MR) is 86.6 cm³/mol. The van der Waals surface area contributed by atoms with E-state index in [4.69, 9.17) is 33.5 Å². The van der Waals surface area contributed by atoms with Gasteiger partial charge in [-0.1, -0.05) is 12.1 Å². The van der Waals surface area contributed by atoms with Crippen molar-refractivity contribution in [2.24, 2.45) is 27.9 Å². The summed E-state index contributed by atoms with van der Waals surface area (Å²) in [4.78, 5) is 3.97. The average Bonchev–Trinajstić information content (AvgIpc) is 2.37. The Morgan fingerprint density at radius 3 is 2.23 bits per heavy atom. The Balaban J connectivity index is 0.000000224. The van der Waals surface area contributed by atoms with Crippen LogP contribution in [0.4, 0.5) is 0 Å². The van der Waals surface area contributed by atoms with Crippen LogP contribution < -0.4 is 22.9 Å². The third kappa shape index (κ3) is 5.98. The average molecular weight is 308 g/mol. The van der Waals surface area contributed by atoms with E-state index >= 15 is 0 Å². The van der Waals surface area contributed by atoms with Crippen molar-refractivity contribution in [2.45, 2.75) is 37.5 Å². The molecule has 0 saturated heterocycles. The number of rotatable bonds is 2. The molecule has 8 heteroatoms. The van der Waals surface area contributed by atoms with E-state index in [9.17, 15) is 5.11 Å². The highest BCUT2D eigenvalue weighted by molar-refractivity contribution is 5.97. The predicted octanol–water partition coefficient (Wildman–Crippen LogP) is -0.823. The molecule has 122 valence electrons. The van der Waals surface area contributed by atoms with Crippen molar-refractivity contribution < 1.29 is 10.2 Å². The summed E-state index contributed by atoms with van der Waals surface area (Å²) < 4.78 is 0. The van der Waals surface area contributed by atoms with Crippen molar-refractivity contribution in [2.75, 3.05) is 0 Å². The number of aliphatic hydroxyl groups is 1. The van der Waals surface area contributed by atoms with Gasteiger partial charge in [-0.25, -0.2) is 0 Å². The van der Waals surface area contributed by atoms with Gasteiger partial charge in [0, 0.05) is 6.04 Å². The van der Waals surface area contributed by atoms with Crippen LogP contribution >= 0.6 is 0 Å². The van der Waals surface area contributed by atoms with Crippen LogP contribution in [-0.2, 0) is 0 Å². The zero-order chi connectivity index (χ0) is 16.7. The lowest BCUT2D eigenvalue weighted by Crippen LogP contribution is -2.38. The number of nitrogens with one attached hydrogen (secondary N) is 1. The molecule has 8 nitrogen and oxygen atoms in total. The molecule has 0 radical (unpaired) electrons. The van der Waals surface area contributed by atoms with Crippen LogP contribution in [0.3, 0.4) is 0 Å². The summed E-state index contributed by atoms with van der Waals surface area (Å²) in [5, 5.41) is 25.4. The molecule has 1 fully saturated rings. The fourth-order valence-corrected chi connectivity index (χ4v) is 2.32. The molecule has 1 aromatic carbocycles. The number of phenolic OH excluding ortho intramolecular Hbond substituents is 1. The highest BCUT2D eigenvalue weighted by Gasteiger charge is 2.24. The van der Waals surface area contributed by atoms with E-state index in [0.29, 0.717) is 18.4 Å². The third-order valence-electron chi connectivity index (χ3n) is 3.22. The van der Waals surface area contributed by atoms with Gasteiger partial charge in [0.05, 0.1) is 17.7 Å². The number of hydrogen-bond acceptors (Lipinski definition) is 5. The van der Waals surface area contributed by atoms with Gasteiger partial charge in [0.2, 0.25) is 0 Å². The van der Waals surface area contributed by atoms with Gasteiger partial charge in [-0.15, -0.1) is 0 Å². The molecule has 0 bridgehead atoms. The Morgan fingerprint density at radius 2 is 1.77 bits per heavy atom. The lowest BCUT2D eigenvalue weighted by molar-refractivity contribution is 0.111. The number of aromatic hydroxyl groups is 1. The van der Waals surface area contributed by atoms with Gasteiger partial charge in [-0.05, 0) is 31.4 Å². The van der Waals surface area contributed by atoms with Gasteiger partial charge in [0.25, 0.3) is 0 Å². The first-order chi connectivity index (χ1) is 10.3. The molecular weight excluding hydrogens is 284 g/mol.